The molecule has 1 saturated heterocycles. The lowest BCUT2D eigenvalue weighted by Crippen LogP contribution is -2.44. The number of rotatable bonds is 3. The lowest BCUT2D eigenvalue weighted by atomic mass is 10.4. The SMILES string of the molecule is CC#CCn1c(N2CCNCC2)nc2c1c(=O)n(C)c(=O)n2OC(C)=O.O=C(O)C(F)(F)F. The number of halogens is 3. The number of carboxylic acid groups (broad SMARTS) is 1. The summed E-state index contributed by atoms with van der Waals surface area (Å²) >= 11 is 0. The van der Waals surface area contributed by atoms with Crippen molar-refractivity contribution in [3.8, 4) is 11.8 Å². The normalized spacial score (nSPS) is 13.6. The number of imidazole rings is 1. The average molecular weight is 474 g/mol. The van der Waals surface area contributed by atoms with E-state index in [9.17, 15) is 27.6 Å². The van der Waals surface area contributed by atoms with E-state index in [-0.39, 0.29) is 17.7 Å². The molecule has 0 atom stereocenters. The molecule has 1 fully saturated rings. The van der Waals surface area contributed by atoms with Crippen molar-refractivity contribution in [2.24, 2.45) is 7.05 Å². The van der Waals surface area contributed by atoms with Crippen LogP contribution in [-0.4, -0.2) is 68.2 Å². The Morgan fingerprint density at radius 2 is 1.82 bits per heavy atom. The smallest absolute Gasteiger partial charge is 0.475 e. The molecule has 2 N–H and O–H groups in total. The fraction of sp³-hybridized carbons (Fsp3) is 0.500. The van der Waals surface area contributed by atoms with Crippen LogP contribution < -0.4 is 26.3 Å². The first-order valence-electron chi connectivity index (χ1n) is 9.46. The quantitative estimate of drug-likeness (QED) is 0.533. The van der Waals surface area contributed by atoms with Gasteiger partial charge in [0.25, 0.3) is 5.56 Å². The van der Waals surface area contributed by atoms with Gasteiger partial charge in [-0.2, -0.15) is 18.2 Å². The van der Waals surface area contributed by atoms with Crippen molar-refractivity contribution >= 4 is 29.1 Å². The molecule has 1 aliphatic heterocycles. The Bertz CT molecular complexity index is 1230. The average Bonchev–Trinajstić information content (AvgIpc) is 3.13. The monoisotopic (exact) mass is 474 g/mol. The molecule has 3 heterocycles. The molecule has 0 amide bonds. The number of hydrogen-bond acceptors (Lipinski definition) is 8. The van der Waals surface area contributed by atoms with Gasteiger partial charge in [-0.05, 0) is 6.92 Å². The zero-order valence-corrected chi connectivity index (χ0v) is 17.9. The second-order valence-electron chi connectivity index (χ2n) is 6.66. The van der Waals surface area contributed by atoms with Crippen molar-refractivity contribution < 1.29 is 32.7 Å². The Balaban J connectivity index is 0.000000479. The van der Waals surface area contributed by atoms with Gasteiger partial charge in [0, 0.05) is 40.2 Å². The van der Waals surface area contributed by atoms with Crippen molar-refractivity contribution in [1.29, 1.82) is 0 Å². The highest BCUT2D eigenvalue weighted by Gasteiger charge is 2.38. The lowest BCUT2D eigenvalue weighted by Gasteiger charge is -2.28. The van der Waals surface area contributed by atoms with Crippen LogP contribution in [0.1, 0.15) is 13.8 Å². The van der Waals surface area contributed by atoms with Crippen LogP contribution in [0.5, 0.6) is 0 Å². The van der Waals surface area contributed by atoms with Gasteiger partial charge in [-0.25, -0.2) is 14.4 Å². The van der Waals surface area contributed by atoms with Gasteiger partial charge >= 0.3 is 23.8 Å². The van der Waals surface area contributed by atoms with Crippen LogP contribution in [-0.2, 0) is 23.2 Å². The molecule has 0 aliphatic carbocycles. The molecule has 0 radical (unpaired) electrons. The van der Waals surface area contributed by atoms with E-state index in [0.29, 0.717) is 19.0 Å². The molecule has 33 heavy (non-hydrogen) atoms. The molecule has 0 saturated carbocycles. The zero-order valence-electron chi connectivity index (χ0n) is 17.9. The van der Waals surface area contributed by atoms with E-state index in [1.807, 2.05) is 4.90 Å². The number of carboxylic acids is 1. The summed E-state index contributed by atoms with van der Waals surface area (Å²) in [4.78, 5) is 57.0. The summed E-state index contributed by atoms with van der Waals surface area (Å²) < 4.78 is 35.1. The summed E-state index contributed by atoms with van der Waals surface area (Å²) in [6.45, 7) is 6.06. The molecule has 12 nitrogen and oxygen atoms in total. The number of aliphatic carboxylic acids is 1. The third kappa shape index (κ3) is 5.71. The second-order valence-corrected chi connectivity index (χ2v) is 6.66. The van der Waals surface area contributed by atoms with Gasteiger partial charge in [0.15, 0.2) is 5.52 Å². The largest absolute Gasteiger partial charge is 0.490 e. The minimum absolute atomic E-state index is 0.0136. The van der Waals surface area contributed by atoms with Crippen LogP contribution >= 0.6 is 0 Å². The van der Waals surface area contributed by atoms with E-state index in [4.69, 9.17) is 14.7 Å². The number of nitrogens with zero attached hydrogens (tertiary/aromatic N) is 5. The summed E-state index contributed by atoms with van der Waals surface area (Å²) in [6, 6.07) is 0. The van der Waals surface area contributed by atoms with E-state index in [2.05, 4.69) is 22.1 Å². The highest BCUT2D eigenvalue weighted by molar-refractivity contribution is 5.76. The highest BCUT2D eigenvalue weighted by Crippen LogP contribution is 2.20. The Labute approximate surface area is 184 Å². The van der Waals surface area contributed by atoms with Crippen LogP contribution in [0.25, 0.3) is 11.2 Å². The Hall–Kier alpha value is -3.80. The highest BCUT2D eigenvalue weighted by atomic mass is 19.4. The number of fused-ring (bicyclic) bond motifs is 1. The molecular formula is C18H21F3N6O6. The van der Waals surface area contributed by atoms with Gasteiger partial charge in [0.2, 0.25) is 11.6 Å². The molecule has 180 valence electrons. The molecule has 0 aromatic carbocycles. The number of alkyl halides is 3. The summed E-state index contributed by atoms with van der Waals surface area (Å²) in [5, 5.41) is 10.4. The number of nitrogens with one attached hydrogen (secondary N) is 1. The molecule has 0 spiro atoms. The Morgan fingerprint density at radius 3 is 2.30 bits per heavy atom. The van der Waals surface area contributed by atoms with Gasteiger partial charge in [-0.1, -0.05) is 10.7 Å². The minimum atomic E-state index is -5.08. The van der Waals surface area contributed by atoms with Gasteiger partial charge in [0.05, 0.1) is 6.54 Å². The van der Waals surface area contributed by atoms with Crippen molar-refractivity contribution in [2.75, 3.05) is 31.1 Å². The molecule has 15 heteroatoms. The van der Waals surface area contributed by atoms with Gasteiger partial charge in [-0.3, -0.25) is 13.9 Å². The third-order valence-electron chi connectivity index (χ3n) is 4.37. The van der Waals surface area contributed by atoms with E-state index < -0.39 is 29.4 Å². The van der Waals surface area contributed by atoms with Crippen LogP contribution in [0.4, 0.5) is 19.1 Å². The van der Waals surface area contributed by atoms with Crippen molar-refractivity contribution in [2.45, 2.75) is 26.6 Å². The number of carbonyl (C=O) groups is 2. The first kappa shape index (κ1) is 25.5. The Morgan fingerprint density at radius 1 is 1.24 bits per heavy atom. The van der Waals surface area contributed by atoms with Gasteiger partial charge < -0.3 is 20.2 Å². The maximum atomic E-state index is 12.7. The molecule has 0 bridgehead atoms. The molecule has 1 aliphatic rings. The summed E-state index contributed by atoms with van der Waals surface area (Å²) in [6.07, 6.45) is -5.08. The standard InChI is InChI=1S/C16H20N6O4.C2HF3O2/c1-4-5-8-21-12-13(18-15(21)20-9-6-17-7-10-20)22(26-11(2)23)16(25)19(3)14(12)24;3-2(4,5)1(6)7/h17H,6-10H2,1-3H3;(H,6,7). The van der Waals surface area contributed by atoms with E-state index in [1.165, 1.54) is 14.0 Å². The predicted octanol–water partition coefficient (Wildman–Crippen LogP) is -1.06. The number of hydrogen-bond donors (Lipinski definition) is 2. The molecule has 2 aromatic rings. The fourth-order valence-corrected chi connectivity index (χ4v) is 2.88. The number of piperazine rings is 1. The summed E-state index contributed by atoms with van der Waals surface area (Å²) in [5.41, 5.74) is -1.10. The van der Waals surface area contributed by atoms with E-state index >= 15 is 0 Å². The summed E-state index contributed by atoms with van der Waals surface area (Å²) in [5.74, 6) is 2.81. The van der Waals surface area contributed by atoms with Gasteiger partial charge in [0.1, 0.15) is 0 Å². The van der Waals surface area contributed by atoms with E-state index in [0.717, 1.165) is 22.4 Å². The predicted molar refractivity (Wildman–Crippen MR) is 109 cm³/mol. The van der Waals surface area contributed by atoms with Crippen molar-refractivity contribution in [3.63, 3.8) is 0 Å². The van der Waals surface area contributed by atoms with Crippen LogP contribution in [0.15, 0.2) is 9.59 Å². The number of aromatic nitrogens is 4. The first-order valence-corrected chi connectivity index (χ1v) is 9.46. The van der Waals surface area contributed by atoms with Gasteiger partial charge in [-0.15, -0.1) is 5.92 Å². The lowest BCUT2D eigenvalue weighted by molar-refractivity contribution is -0.192. The molecule has 2 aromatic heterocycles. The fourth-order valence-electron chi connectivity index (χ4n) is 2.88. The summed E-state index contributed by atoms with van der Waals surface area (Å²) in [7, 11) is 1.33. The maximum Gasteiger partial charge on any atom is 0.490 e. The van der Waals surface area contributed by atoms with Crippen molar-refractivity contribution in [1.82, 2.24) is 24.2 Å². The topological polar surface area (TPSA) is 141 Å². The van der Waals surface area contributed by atoms with Crippen LogP contribution in [0.2, 0.25) is 0 Å². The third-order valence-corrected chi connectivity index (χ3v) is 4.37. The maximum absolute atomic E-state index is 12.7. The molecule has 0 unspecified atom stereocenters. The van der Waals surface area contributed by atoms with E-state index in [1.54, 1.807) is 11.5 Å². The Kier molecular flexibility index (Phi) is 7.88. The molecule has 3 rings (SSSR count). The van der Waals surface area contributed by atoms with Crippen molar-refractivity contribution in [3.05, 3.63) is 20.8 Å². The second kappa shape index (κ2) is 10.2. The number of carbonyl (C=O) groups excluding carboxylic acids is 1. The van der Waals surface area contributed by atoms with Crippen LogP contribution in [0, 0.1) is 11.8 Å². The van der Waals surface area contributed by atoms with Crippen LogP contribution in [0.3, 0.4) is 0 Å². The first-order chi connectivity index (χ1) is 15.4. The molecular weight excluding hydrogens is 453 g/mol. The zero-order chi connectivity index (χ0) is 24.9. The minimum Gasteiger partial charge on any atom is -0.475 e. The number of anilines is 1.